The van der Waals surface area contributed by atoms with E-state index in [9.17, 15) is 20.2 Å². The normalized spacial score (nSPS) is 9.64. The van der Waals surface area contributed by atoms with Crippen molar-refractivity contribution in [2.75, 3.05) is 37.4 Å². The molecular formula is C47H67ClI6N12O5Sn. The predicted molar refractivity (Wildman–Crippen MR) is 357 cm³/mol. The quantitative estimate of drug-likeness (QED) is 0.0169. The second-order valence-corrected chi connectivity index (χ2v) is 42.6. The first-order valence-electron chi connectivity index (χ1n) is 21.6. The number of pyridine rings is 6. The zero-order valence-electron chi connectivity index (χ0n) is 40.2. The van der Waals surface area contributed by atoms with Crippen molar-refractivity contribution >= 4 is 203 Å². The molecule has 0 fully saturated rings. The van der Waals surface area contributed by atoms with Crippen LogP contribution in [0.4, 0.5) is 34.1 Å². The van der Waals surface area contributed by atoms with Crippen LogP contribution >= 0.6 is 147 Å². The van der Waals surface area contributed by atoms with E-state index in [2.05, 4.69) is 199 Å². The smallest absolute Gasteiger partial charge is 0.329 e. The van der Waals surface area contributed by atoms with Crippen molar-refractivity contribution in [3.05, 3.63) is 135 Å². The van der Waals surface area contributed by atoms with E-state index < -0.39 is 28.2 Å². The Hall–Kier alpha value is -1.67. The number of halogens is 7. The molecule has 9 N–H and O–H groups in total. The van der Waals surface area contributed by atoms with Crippen LogP contribution in [0.5, 0.6) is 0 Å². The first-order chi connectivity index (χ1) is 34.0. The molecule has 0 aliphatic heterocycles. The fraction of sp³-hybridized carbons (Fsp3) is 0.362. The van der Waals surface area contributed by atoms with Gasteiger partial charge < -0.3 is 28.0 Å². The van der Waals surface area contributed by atoms with E-state index in [-0.39, 0.29) is 41.0 Å². The fourth-order valence-electron chi connectivity index (χ4n) is 6.15. The van der Waals surface area contributed by atoms with Crippen molar-refractivity contribution < 1.29 is 15.0 Å². The first kappa shape index (κ1) is 74.6. The maximum Gasteiger partial charge on any atom is 0.329 e. The number of rotatable bonds is 14. The van der Waals surface area contributed by atoms with E-state index in [0.717, 1.165) is 12.7 Å². The molecule has 0 aromatic carbocycles. The molecule has 0 saturated heterocycles. The molecule has 72 heavy (non-hydrogen) atoms. The van der Waals surface area contributed by atoms with Gasteiger partial charge in [-0.1, -0.05) is 167 Å². The summed E-state index contributed by atoms with van der Waals surface area (Å²) in [5.41, 5.74) is 24.8. The molecule has 25 heteroatoms. The van der Waals surface area contributed by atoms with E-state index in [1.165, 1.54) is 78.8 Å². The summed E-state index contributed by atoms with van der Waals surface area (Å²) < 4.78 is 8.03. The van der Waals surface area contributed by atoms with E-state index in [4.69, 9.17) is 44.6 Å². The SMILES string of the molecule is C.CCC[CH2][Sn]([CH2]CCC)([CH2]CCC)[c]1ccccn1.CI.CO.IC(I)I.ICI.Nc1ccnc(-c2ccccn2)c1N.Nc1ccnc(-c2ccccn2)c1[N+](=O)[O-].Nc1ccnc(Cl)c1[N+](=O)[O-]. The van der Waals surface area contributed by atoms with Gasteiger partial charge in [0, 0.05) is 38.1 Å². The minimum atomic E-state index is -2.21. The van der Waals surface area contributed by atoms with Gasteiger partial charge in [-0.3, -0.25) is 35.2 Å². The largest absolute Gasteiger partial charge is 0.400 e. The average molecular weight is 1800 g/mol. The molecule has 0 atom stereocenters. The zero-order valence-corrected chi connectivity index (χ0v) is 56.7. The molecule has 0 saturated carbocycles. The van der Waals surface area contributed by atoms with E-state index in [1.54, 1.807) is 46.6 Å². The summed E-state index contributed by atoms with van der Waals surface area (Å²) in [6.07, 6.45) is 17.9. The molecule has 0 unspecified atom stereocenters. The molecular weight excluding hydrogens is 1730 g/mol. The molecule has 0 spiro atoms. The van der Waals surface area contributed by atoms with Crippen molar-refractivity contribution in [2.45, 2.75) is 80.0 Å². The molecule has 17 nitrogen and oxygen atoms in total. The van der Waals surface area contributed by atoms with Gasteiger partial charge in [0.05, 0.1) is 35.0 Å². The van der Waals surface area contributed by atoms with Crippen LogP contribution in [0.2, 0.25) is 18.5 Å². The number of nitrogens with two attached hydrogens (primary N) is 4. The minimum Gasteiger partial charge on any atom is -0.400 e. The number of aliphatic hydroxyl groups excluding tert-OH is 1. The van der Waals surface area contributed by atoms with Crippen molar-refractivity contribution in [2.24, 2.45) is 0 Å². The van der Waals surface area contributed by atoms with Crippen LogP contribution in [-0.4, -0.2) is 77.6 Å². The van der Waals surface area contributed by atoms with Crippen molar-refractivity contribution in [1.82, 2.24) is 29.9 Å². The maximum absolute atomic E-state index is 10.9. The predicted octanol–water partition coefficient (Wildman–Crippen LogP) is 15.0. The van der Waals surface area contributed by atoms with E-state index >= 15 is 0 Å². The summed E-state index contributed by atoms with van der Waals surface area (Å²) in [5, 5.41) is 27.9. The van der Waals surface area contributed by atoms with Gasteiger partial charge in [0.15, 0.2) is 5.69 Å². The first-order valence-corrected chi connectivity index (χ1v) is 38.4. The number of alkyl halides is 6. The number of anilines is 4. The second kappa shape index (κ2) is 46.6. The van der Waals surface area contributed by atoms with Gasteiger partial charge in [0.2, 0.25) is 5.15 Å². The Kier molecular flexibility index (Phi) is 48.3. The Morgan fingerprint density at radius 3 is 1.29 bits per heavy atom. The van der Waals surface area contributed by atoms with Crippen LogP contribution in [0.3, 0.4) is 0 Å². The molecule has 0 aliphatic carbocycles. The van der Waals surface area contributed by atoms with Crippen LogP contribution in [0.1, 0.15) is 66.7 Å². The van der Waals surface area contributed by atoms with Crippen LogP contribution < -0.4 is 26.6 Å². The third-order valence-corrected chi connectivity index (χ3v) is 24.7. The molecule has 0 radical (unpaired) electrons. The van der Waals surface area contributed by atoms with Gasteiger partial charge in [-0.2, -0.15) is 0 Å². The van der Waals surface area contributed by atoms with E-state index in [1.807, 2.05) is 29.3 Å². The Morgan fingerprint density at radius 2 is 0.944 bits per heavy atom. The van der Waals surface area contributed by atoms with E-state index in [0.29, 0.717) is 22.8 Å². The van der Waals surface area contributed by atoms with Gasteiger partial charge in [-0.25, -0.2) is 9.97 Å². The summed E-state index contributed by atoms with van der Waals surface area (Å²) in [7, 11) is 1.00. The summed E-state index contributed by atoms with van der Waals surface area (Å²) in [6.45, 7) is 6.98. The number of aromatic nitrogens is 6. The number of nitro groups is 2. The number of hydrogen-bond donors (Lipinski definition) is 5. The number of unbranched alkanes of at least 4 members (excludes halogenated alkanes) is 3. The van der Waals surface area contributed by atoms with Gasteiger partial charge in [0.1, 0.15) is 17.0 Å². The Labute approximate surface area is 516 Å². The molecule has 0 aliphatic rings. The maximum atomic E-state index is 10.9. The third-order valence-electron chi connectivity index (χ3n) is 9.31. The number of aliphatic hydroxyl groups is 1. The van der Waals surface area contributed by atoms with Crippen molar-refractivity contribution in [3.63, 3.8) is 0 Å². The molecule has 6 rings (SSSR count). The summed E-state index contributed by atoms with van der Waals surface area (Å²) in [6, 6.07) is 21.7. The van der Waals surface area contributed by atoms with Gasteiger partial charge in [0.25, 0.3) is 0 Å². The van der Waals surface area contributed by atoms with Crippen molar-refractivity contribution in [3.8, 4) is 22.8 Å². The standard InChI is InChI=1S/C10H8N4O2.C10H10N4.C5H4ClN3O2.C5H4N.3C4H9.CHI3.CH2I2.CH3I.CH4O.CH4.Sn/c11-7-4-6-13-9(10(7)14(15)16)8-3-1-2-5-12-8;11-7-4-6-14-10(9(7)12)8-3-1-2-5-13-8;6-5-4(9(10)11)3(7)1-2-8-5;1-2-4-6-5-3-1;3*1-3-4-2;2-1(3)4;2-1-3;2*1-2;;/h1-6H,(H2,11,13);1-6H,12H2,(H2,11,14);1-2H,(H2,7,8);1-4H;3*1,3-4H2,2H3;1H;1H2;1H3;2H,1H3;1H4;. The monoisotopic (exact) mass is 1800 g/mol. The van der Waals surface area contributed by atoms with Gasteiger partial charge in [-0.15, -0.1) is 0 Å². The Bertz CT molecular complexity index is 2290. The van der Waals surface area contributed by atoms with Crippen molar-refractivity contribution in [1.29, 1.82) is 0 Å². The molecule has 6 heterocycles. The second-order valence-electron chi connectivity index (χ2n) is 13.9. The minimum absolute atomic E-state index is 0. The average Bonchev–Trinajstić information content (AvgIpc) is 3.37. The van der Waals surface area contributed by atoms with Gasteiger partial charge >= 0.3 is 135 Å². The third kappa shape index (κ3) is 30.2. The Morgan fingerprint density at radius 1 is 0.583 bits per heavy atom. The van der Waals surface area contributed by atoms with Crippen LogP contribution in [0.25, 0.3) is 22.8 Å². The molecule has 398 valence electrons. The van der Waals surface area contributed by atoms with Crippen LogP contribution in [-0.2, 0) is 0 Å². The van der Waals surface area contributed by atoms with Gasteiger partial charge in [-0.05, 0) is 47.4 Å². The number of nitrogen functional groups attached to an aromatic ring is 4. The summed E-state index contributed by atoms with van der Waals surface area (Å²) >= 11 is 16.8. The summed E-state index contributed by atoms with van der Waals surface area (Å²) in [4.78, 5) is 46.4. The molecule has 0 amide bonds. The molecule has 0 bridgehead atoms. The number of nitrogens with zero attached hydrogens (tertiary/aromatic N) is 8. The Balaban J connectivity index is -0.000000830. The zero-order chi connectivity index (χ0) is 54.2. The van der Waals surface area contributed by atoms with Crippen LogP contribution in [0, 0.1) is 20.2 Å². The molecule has 6 aromatic heterocycles. The fourth-order valence-corrected chi connectivity index (χ4v) is 21.8. The summed E-state index contributed by atoms with van der Waals surface area (Å²) in [5.74, 6) is 0. The van der Waals surface area contributed by atoms with Crippen LogP contribution in [0.15, 0.2) is 110 Å². The topological polar surface area (TPSA) is 288 Å². The molecule has 6 aromatic rings. The number of hydrogen-bond acceptors (Lipinski definition) is 15.